The van der Waals surface area contributed by atoms with E-state index in [1.54, 1.807) is 0 Å². The normalized spacial score (nSPS) is 27.0. The predicted octanol–water partition coefficient (Wildman–Crippen LogP) is 3.81. The van der Waals surface area contributed by atoms with Gasteiger partial charge in [-0.15, -0.1) is 11.6 Å². The van der Waals surface area contributed by atoms with E-state index >= 15 is 0 Å². The molecule has 1 heterocycles. The van der Waals surface area contributed by atoms with Crippen molar-refractivity contribution in [1.82, 2.24) is 0 Å². The van der Waals surface area contributed by atoms with Crippen LogP contribution in [0, 0.1) is 11.6 Å². The zero-order valence-electron chi connectivity index (χ0n) is 8.97. The van der Waals surface area contributed by atoms with Crippen LogP contribution in [0.5, 0.6) is 0 Å². The van der Waals surface area contributed by atoms with E-state index in [1.165, 1.54) is 12.1 Å². The summed E-state index contributed by atoms with van der Waals surface area (Å²) >= 11 is 6.22. The monoisotopic (exact) mass is 246 g/mol. The number of rotatable bonds is 2. The molecule has 0 radical (unpaired) electrons. The van der Waals surface area contributed by atoms with E-state index in [0.29, 0.717) is 12.2 Å². The molecule has 4 heteroatoms. The van der Waals surface area contributed by atoms with Crippen LogP contribution in [-0.2, 0) is 4.74 Å². The summed E-state index contributed by atoms with van der Waals surface area (Å²) in [5.41, 5.74) is -0.257. The highest BCUT2D eigenvalue weighted by molar-refractivity contribution is 6.21. The third-order valence-electron chi connectivity index (χ3n) is 3.02. The topological polar surface area (TPSA) is 9.23 Å². The molecule has 0 aromatic heterocycles. The zero-order valence-corrected chi connectivity index (χ0v) is 9.73. The van der Waals surface area contributed by atoms with Crippen molar-refractivity contribution in [2.75, 3.05) is 6.61 Å². The van der Waals surface area contributed by atoms with Crippen molar-refractivity contribution < 1.29 is 13.5 Å². The Morgan fingerprint density at radius 2 is 2.19 bits per heavy atom. The first-order valence-electron chi connectivity index (χ1n) is 5.26. The van der Waals surface area contributed by atoms with Crippen molar-refractivity contribution in [2.24, 2.45) is 0 Å². The van der Waals surface area contributed by atoms with Crippen molar-refractivity contribution in [2.45, 2.75) is 30.7 Å². The van der Waals surface area contributed by atoms with E-state index in [1.807, 2.05) is 6.92 Å². The van der Waals surface area contributed by atoms with E-state index in [0.717, 1.165) is 18.9 Å². The van der Waals surface area contributed by atoms with Gasteiger partial charge in [0.15, 0.2) is 0 Å². The number of alkyl halides is 1. The minimum Gasteiger partial charge on any atom is -0.373 e. The number of halogens is 3. The molecule has 1 aromatic carbocycles. The first-order valence-corrected chi connectivity index (χ1v) is 5.69. The maximum absolute atomic E-state index is 13.5. The molecule has 1 aliphatic heterocycles. The molecule has 0 aliphatic carbocycles. The van der Waals surface area contributed by atoms with Crippen LogP contribution in [0.15, 0.2) is 18.2 Å². The van der Waals surface area contributed by atoms with E-state index < -0.39 is 22.6 Å². The summed E-state index contributed by atoms with van der Waals surface area (Å²) in [7, 11) is 0. The lowest BCUT2D eigenvalue weighted by Crippen LogP contribution is -2.29. The summed E-state index contributed by atoms with van der Waals surface area (Å²) in [5.74, 6) is -1.21. The highest BCUT2D eigenvalue weighted by atomic mass is 35.5. The lowest BCUT2D eigenvalue weighted by atomic mass is 9.92. The average molecular weight is 247 g/mol. The molecule has 2 rings (SSSR count). The second-order valence-corrected chi connectivity index (χ2v) is 4.73. The van der Waals surface area contributed by atoms with Crippen LogP contribution in [0.4, 0.5) is 8.78 Å². The molecule has 0 saturated carbocycles. The van der Waals surface area contributed by atoms with Gasteiger partial charge >= 0.3 is 0 Å². The number of hydrogen-bond donors (Lipinski definition) is 0. The summed E-state index contributed by atoms with van der Waals surface area (Å²) in [6.45, 7) is 2.50. The van der Waals surface area contributed by atoms with E-state index in [9.17, 15) is 8.78 Å². The quantitative estimate of drug-likeness (QED) is 0.721. The van der Waals surface area contributed by atoms with Gasteiger partial charge in [-0.25, -0.2) is 8.78 Å². The van der Waals surface area contributed by atoms with Gasteiger partial charge in [0.05, 0.1) is 11.0 Å². The third-order valence-corrected chi connectivity index (χ3v) is 3.72. The van der Waals surface area contributed by atoms with Gasteiger partial charge in [0.2, 0.25) is 0 Å². The van der Waals surface area contributed by atoms with Crippen LogP contribution in [0.3, 0.4) is 0 Å². The minimum absolute atomic E-state index is 0.299. The fraction of sp³-hybridized carbons (Fsp3) is 0.500. The largest absolute Gasteiger partial charge is 0.373 e. The molecule has 16 heavy (non-hydrogen) atoms. The van der Waals surface area contributed by atoms with Crippen LogP contribution in [0.1, 0.15) is 30.7 Å². The van der Waals surface area contributed by atoms with Gasteiger partial charge in [-0.3, -0.25) is 0 Å². The lowest BCUT2D eigenvalue weighted by molar-refractivity contribution is 0.0157. The lowest BCUT2D eigenvalue weighted by Gasteiger charge is -2.29. The molecule has 1 fully saturated rings. The van der Waals surface area contributed by atoms with Gasteiger partial charge in [0.25, 0.3) is 0 Å². The zero-order chi connectivity index (χ0) is 11.8. The molecule has 1 aromatic rings. The molecule has 1 nitrogen and oxygen atoms in total. The summed E-state index contributed by atoms with van der Waals surface area (Å²) in [5, 5.41) is -0.587. The molecule has 1 saturated heterocycles. The van der Waals surface area contributed by atoms with Crippen molar-refractivity contribution in [1.29, 1.82) is 0 Å². The molecule has 0 spiro atoms. The Kier molecular flexibility index (Phi) is 3.17. The van der Waals surface area contributed by atoms with Crippen LogP contribution >= 0.6 is 11.6 Å². The molecule has 0 bridgehead atoms. The standard InChI is InChI=1S/C12H13ClF2O/c1-12(5-2-6-16-12)11(13)9-4-3-8(14)7-10(9)15/h3-4,7,11H,2,5-6H2,1H3. The van der Waals surface area contributed by atoms with Crippen molar-refractivity contribution in [3.8, 4) is 0 Å². The van der Waals surface area contributed by atoms with Crippen LogP contribution < -0.4 is 0 Å². The highest BCUT2D eigenvalue weighted by Gasteiger charge is 2.39. The Morgan fingerprint density at radius 3 is 2.75 bits per heavy atom. The average Bonchev–Trinajstić information content (AvgIpc) is 2.66. The van der Waals surface area contributed by atoms with Gasteiger partial charge in [0.1, 0.15) is 11.6 Å². The first-order chi connectivity index (χ1) is 7.53. The Morgan fingerprint density at radius 1 is 1.44 bits per heavy atom. The summed E-state index contributed by atoms with van der Waals surface area (Å²) in [4.78, 5) is 0. The Hall–Kier alpha value is -0.670. The number of benzene rings is 1. The molecule has 88 valence electrons. The summed E-state index contributed by atoms with van der Waals surface area (Å²) in [6.07, 6.45) is 1.71. The maximum Gasteiger partial charge on any atom is 0.130 e. The molecule has 2 atom stereocenters. The second-order valence-electron chi connectivity index (χ2n) is 4.29. The summed E-state index contributed by atoms with van der Waals surface area (Å²) < 4.78 is 31.9. The van der Waals surface area contributed by atoms with E-state index in [4.69, 9.17) is 16.3 Å². The second kappa shape index (κ2) is 4.30. The Bertz CT molecular complexity index is 389. The molecular weight excluding hydrogens is 234 g/mol. The van der Waals surface area contributed by atoms with Crippen LogP contribution in [0.2, 0.25) is 0 Å². The van der Waals surface area contributed by atoms with Gasteiger partial charge < -0.3 is 4.74 Å². The SMILES string of the molecule is CC1(C(Cl)c2ccc(F)cc2F)CCCO1. The molecule has 0 N–H and O–H groups in total. The minimum atomic E-state index is -0.614. The number of ether oxygens (including phenoxy) is 1. The maximum atomic E-state index is 13.5. The molecule has 0 amide bonds. The van der Waals surface area contributed by atoms with Crippen molar-refractivity contribution in [3.63, 3.8) is 0 Å². The van der Waals surface area contributed by atoms with Gasteiger partial charge in [-0.1, -0.05) is 6.07 Å². The molecule has 1 aliphatic rings. The number of hydrogen-bond acceptors (Lipinski definition) is 1. The summed E-state index contributed by atoms with van der Waals surface area (Å²) in [6, 6.07) is 3.45. The van der Waals surface area contributed by atoms with Gasteiger partial charge in [-0.05, 0) is 25.8 Å². The van der Waals surface area contributed by atoms with Crippen molar-refractivity contribution >= 4 is 11.6 Å². The Labute approximate surface area is 98.4 Å². The smallest absolute Gasteiger partial charge is 0.130 e. The van der Waals surface area contributed by atoms with Gasteiger partial charge in [-0.2, -0.15) is 0 Å². The third kappa shape index (κ3) is 2.06. The van der Waals surface area contributed by atoms with E-state index in [-0.39, 0.29) is 0 Å². The first kappa shape index (κ1) is 11.8. The van der Waals surface area contributed by atoms with Crippen LogP contribution in [-0.4, -0.2) is 12.2 Å². The van der Waals surface area contributed by atoms with E-state index in [2.05, 4.69) is 0 Å². The molecular formula is C12H13ClF2O. The highest BCUT2D eigenvalue weighted by Crippen LogP contribution is 2.42. The molecule has 2 unspecified atom stereocenters. The fourth-order valence-corrected chi connectivity index (χ4v) is 2.39. The van der Waals surface area contributed by atoms with Crippen LogP contribution in [0.25, 0.3) is 0 Å². The predicted molar refractivity (Wildman–Crippen MR) is 58.5 cm³/mol. The fourth-order valence-electron chi connectivity index (χ4n) is 2.04. The van der Waals surface area contributed by atoms with Gasteiger partial charge in [0, 0.05) is 18.2 Å². The van der Waals surface area contributed by atoms with Crippen molar-refractivity contribution in [3.05, 3.63) is 35.4 Å². The Balaban J connectivity index is 2.29.